The SMILES string of the molecule is FC(F)(F)c1ccc(-c2nsnc2Cl)cc1. The summed E-state index contributed by atoms with van der Waals surface area (Å²) in [5, 5.41) is 0.199. The minimum absolute atomic E-state index is 0.199. The number of rotatable bonds is 1. The first-order chi connectivity index (χ1) is 7.48. The van der Waals surface area contributed by atoms with Gasteiger partial charge in [0.2, 0.25) is 0 Å². The van der Waals surface area contributed by atoms with Crippen LogP contribution in [0.25, 0.3) is 11.3 Å². The Kier molecular flexibility index (Phi) is 2.86. The largest absolute Gasteiger partial charge is 0.416 e. The van der Waals surface area contributed by atoms with Crippen LogP contribution in [0.5, 0.6) is 0 Å². The van der Waals surface area contributed by atoms with Crippen molar-refractivity contribution in [3.63, 3.8) is 0 Å². The van der Waals surface area contributed by atoms with Crippen molar-refractivity contribution in [2.45, 2.75) is 6.18 Å². The van der Waals surface area contributed by atoms with E-state index in [1.165, 1.54) is 12.1 Å². The fraction of sp³-hybridized carbons (Fsp3) is 0.111. The van der Waals surface area contributed by atoms with Crippen molar-refractivity contribution in [2.24, 2.45) is 0 Å². The Labute approximate surface area is 98.0 Å². The first-order valence-corrected chi connectivity index (χ1v) is 5.25. The molecule has 2 aromatic rings. The van der Waals surface area contributed by atoms with Crippen LogP contribution < -0.4 is 0 Å². The molecule has 7 heteroatoms. The molecule has 1 aromatic heterocycles. The second-order valence-corrected chi connectivity index (χ2v) is 3.87. The van der Waals surface area contributed by atoms with Gasteiger partial charge in [-0.25, -0.2) is 0 Å². The minimum Gasteiger partial charge on any atom is -0.171 e. The molecule has 0 atom stereocenters. The molecule has 0 radical (unpaired) electrons. The first kappa shape index (κ1) is 11.3. The van der Waals surface area contributed by atoms with Crippen LogP contribution in [0.4, 0.5) is 13.2 Å². The lowest BCUT2D eigenvalue weighted by atomic mass is 10.1. The summed E-state index contributed by atoms with van der Waals surface area (Å²) in [7, 11) is 0. The zero-order valence-corrected chi connectivity index (χ0v) is 9.20. The van der Waals surface area contributed by atoms with E-state index in [9.17, 15) is 13.2 Å². The standard InChI is InChI=1S/C9H4ClF3N2S/c10-8-7(14-16-15-8)5-1-3-6(4-2-5)9(11,12)13/h1-4H. The molecular weight excluding hydrogens is 261 g/mol. The van der Waals surface area contributed by atoms with E-state index >= 15 is 0 Å². The Morgan fingerprint density at radius 2 is 1.69 bits per heavy atom. The number of hydrogen-bond donors (Lipinski definition) is 0. The predicted molar refractivity (Wildman–Crippen MR) is 55.4 cm³/mol. The first-order valence-electron chi connectivity index (χ1n) is 4.14. The third kappa shape index (κ3) is 2.17. The second-order valence-electron chi connectivity index (χ2n) is 2.98. The van der Waals surface area contributed by atoms with Gasteiger partial charge in [0, 0.05) is 5.56 Å². The van der Waals surface area contributed by atoms with Crippen molar-refractivity contribution < 1.29 is 13.2 Å². The highest BCUT2D eigenvalue weighted by molar-refractivity contribution is 6.99. The van der Waals surface area contributed by atoms with Gasteiger partial charge in [-0.05, 0) is 12.1 Å². The molecular formula is C9H4ClF3N2S. The van der Waals surface area contributed by atoms with E-state index < -0.39 is 11.7 Å². The van der Waals surface area contributed by atoms with Gasteiger partial charge in [-0.3, -0.25) is 0 Å². The fourth-order valence-electron chi connectivity index (χ4n) is 1.17. The third-order valence-corrected chi connectivity index (χ3v) is 2.83. The lowest BCUT2D eigenvalue weighted by Gasteiger charge is -2.06. The van der Waals surface area contributed by atoms with E-state index in [-0.39, 0.29) is 5.15 Å². The molecule has 0 amide bonds. The minimum atomic E-state index is -4.33. The van der Waals surface area contributed by atoms with E-state index in [4.69, 9.17) is 11.6 Å². The van der Waals surface area contributed by atoms with Crippen molar-refractivity contribution >= 4 is 23.3 Å². The van der Waals surface area contributed by atoms with Crippen molar-refractivity contribution in [2.75, 3.05) is 0 Å². The van der Waals surface area contributed by atoms with Gasteiger partial charge in [-0.2, -0.15) is 21.9 Å². The molecule has 0 saturated heterocycles. The molecule has 16 heavy (non-hydrogen) atoms. The van der Waals surface area contributed by atoms with Crippen molar-refractivity contribution in [3.05, 3.63) is 35.0 Å². The highest BCUT2D eigenvalue weighted by atomic mass is 35.5. The van der Waals surface area contributed by atoms with Gasteiger partial charge in [0.15, 0.2) is 5.15 Å². The Balaban J connectivity index is 2.37. The van der Waals surface area contributed by atoms with Crippen molar-refractivity contribution in [3.8, 4) is 11.3 Å². The fourth-order valence-corrected chi connectivity index (χ4v) is 1.93. The lowest BCUT2D eigenvalue weighted by Crippen LogP contribution is -2.03. The summed E-state index contributed by atoms with van der Waals surface area (Å²) in [4.78, 5) is 0. The quantitative estimate of drug-likeness (QED) is 0.781. The van der Waals surface area contributed by atoms with E-state index in [0.717, 1.165) is 23.9 Å². The van der Waals surface area contributed by atoms with Crippen LogP contribution in [0, 0.1) is 0 Å². The summed E-state index contributed by atoms with van der Waals surface area (Å²) in [6.07, 6.45) is -4.33. The molecule has 0 fully saturated rings. The molecule has 0 N–H and O–H groups in total. The maximum atomic E-state index is 12.3. The monoisotopic (exact) mass is 264 g/mol. The Morgan fingerprint density at radius 1 is 1.06 bits per heavy atom. The maximum Gasteiger partial charge on any atom is 0.416 e. The number of nitrogens with zero attached hydrogens (tertiary/aromatic N) is 2. The molecule has 2 rings (SSSR count). The van der Waals surface area contributed by atoms with E-state index in [1.807, 2.05) is 0 Å². The summed E-state index contributed by atoms with van der Waals surface area (Å²) < 4.78 is 44.5. The average Bonchev–Trinajstić information content (AvgIpc) is 2.63. The maximum absolute atomic E-state index is 12.3. The van der Waals surface area contributed by atoms with Crippen LogP contribution in [0.3, 0.4) is 0 Å². The smallest absolute Gasteiger partial charge is 0.171 e. The molecule has 1 aromatic carbocycles. The zero-order chi connectivity index (χ0) is 11.8. The van der Waals surface area contributed by atoms with E-state index in [0.29, 0.717) is 11.3 Å². The van der Waals surface area contributed by atoms with Crippen molar-refractivity contribution in [1.82, 2.24) is 8.75 Å². The molecule has 0 aliphatic heterocycles. The molecule has 0 spiro atoms. The van der Waals surface area contributed by atoms with Gasteiger partial charge in [0.25, 0.3) is 0 Å². The Morgan fingerprint density at radius 3 is 2.12 bits per heavy atom. The van der Waals surface area contributed by atoms with Gasteiger partial charge in [-0.15, -0.1) is 0 Å². The van der Waals surface area contributed by atoms with Crippen molar-refractivity contribution in [1.29, 1.82) is 0 Å². The van der Waals surface area contributed by atoms with Gasteiger partial charge in [0.1, 0.15) is 5.69 Å². The topological polar surface area (TPSA) is 25.8 Å². The molecule has 0 unspecified atom stereocenters. The summed E-state index contributed by atoms with van der Waals surface area (Å²) in [5.41, 5.74) is 0.225. The van der Waals surface area contributed by atoms with E-state index in [1.54, 1.807) is 0 Å². The van der Waals surface area contributed by atoms with E-state index in [2.05, 4.69) is 8.75 Å². The molecule has 84 valence electrons. The third-order valence-electron chi connectivity index (χ3n) is 1.93. The number of halogens is 4. The Bertz CT molecular complexity index is 492. The van der Waals surface area contributed by atoms with Gasteiger partial charge in [-0.1, -0.05) is 23.7 Å². The summed E-state index contributed by atoms with van der Waals surface area (Å²) in [6.45, 7) is 0. The summed E-state index contributed by atoms with van der Waals surface area (Å²) in [6, 6.07) is 4.63. The zero-order valence-electron chi connectivity index (χ0n) is 7.62. The van der Waals surface area contributed by atoms with Gasteiger partial charge < -0.3 is 0 Å². The number of hydrogen-bond acceptors (Lipinski definition) is 3. The molecule has 0 aliphatic rings. The van der Waals surface area contributed by atoms with Crippen LogP contribution in [0.2, 0.25) is 5.15 Å². The van der Waals surface area contributed by atoms with Crippen LogP contribution in [0.15, 0.2) is 24.3 Å². The highest BCUT2D eigenvalue weighted by Crippen LogP contribution is 2.32. The molecule has 0 saturated carbocycles. The number of alkyl halides is 3. The Hall–Kier alpha value is -1.14. The van der Waals surface area contributed by atoms with Crippen LogP contribution >= 0.6 is 23.3 Å². The highest BCUT2D eigenvalue weighted by Gasteiger charge is 2.30. The normalized spacial score (nSPS) is 11.8. The lowest BCUT2D eigenvalue weighted by molar-refractivity contribution is -0.137. The average molecular weight is 265 g/mol. The molecule has 1 heterocycles. The van der Waals surface area contributed by atoms with Gasteiger partial charge >= 0.3 is 6.18 Å². The molecule has 0 aliphatic carbocycles. The number of benzene rings is 1. The van der Waals surface area contributed by atoms with Crippen LogP contribution in [-0.2, 0) is 6.18 Å². The molecule has 2 nitrogen and oxygen atoms in total. The molecule has 0 bridgehead atoms. The second kappa shape index (κ2) is 4.03. The predicted octanol–water partition coefficient (Wildman–Crippen LogP) is 3.88. The van der Waals surface area contributed by atoms with Gasteiger partial charge in [0.05, 0.1) is 17.3 Å². The van der Waals surface area contributed by atoms with Crippen LogP contribution in [0.1, 0.15) is 5.56 Å². The van der Waals surface area contributed by atoms with Crippen LogP contribution in [-0.4, -0.2) is 8.75 Å². The number of aromatic nitrogens is 2. The summed E-state index contributed by atoms with van der Waals surface area (Å²) >= 11 is 6.64. The summed E-state index contributed by atoms with van der Waals surface area (Å²) in [5.74, 6) is 0.